The number of hydrogen-bond donors (Lipinski definition) is 0. The van der Waals surface area contributed by atoms with E-state index < -0.39 is 0 Å². The zero-order chi connectivity index (χ0) is 24.2. The summed E-state index contributed by atoms with van der Waals surface area (Å²) < 4.78 is 12.1. The van der Waals surface area contributed by atoms with Crippen LogP contribution in [0.15, 0.2) is 103 Å². The second-order valence-corrected chi connectivity index (χ2v) is 9.45. The van der Waals surface area contributed by atoms with Crippen molar-refractivity contribution in [1.82, 2.24) is 0 Å². The molecule has 2 heteroatoms. The number of benzene rings is 4. The first-order chi connectivity index (χ1) is 16.4. The molecule has 174 valence electrons. The van der Waals surface area contributed by atoms with Crippen LogP contribution in [-0.4, -0.2) is 0 Å². The molecular formula is C32H34O2. The monoisotopic (exact) mass is 450 g/mol. The highest BCUT2D eigenvalue weighted by Gasteiger charge is 2.45. The summed E-state index contributed by atoms with van der Waals surface area (Å²) in [5.41, 5.74) is 4.04. The van der Waals surface area contributed by atoms with E-state index in [4.69, 9.17) is 9.47 Å². The van der Waals surface area contributed by atoms with Gasteiger partial charge in [0.1, 0.15) is 23.0 Å². The Hall–Kier alpha value is -3.52. The first kappa shape index (κ1) is 23.6. The van der Waals surface area contributed by atoms with Crippen molar-refractivity contribution in [2.75, 3.05) is 0 Å². The van der Waals surface area contributed by atoms with E-state index >= 15 is 0 Å². The van der Waals surface area contributed by atoms with Gasteiger partial charge in [-0.15, -0.1) is 0 Å². The van der Waals surface area contributed by atoms with Crippen molar-refractivity contribution < 1.29 is 9.47 Å². The van der Waals surface area contributed by atoms with Crippen LogP contribution < -0.4 is 9.47 Å². The average Bonchev–Trinajstić information content (AvgIpc) is 3.07. The minimum Gasteiger partial charge on any atom is -0.457 e. The summed E-state index contributed by atoms with van der Waals surface area (Å²) in [6.45, 7) is 11.0. The Balaban J connectivity index is 0.00000133. The molecule has 1 aliphatic rings. The lowest BCUT2D eigenvalue weighted by Crippen LogP contribution is -2.23. The largest absolute Gasteiger partial charge is 0.457 e. The van der Waals surface area contributed by atoms with Gasteiger partial charge in [-0.05, 0) is 77.1 Å². The number of ether oxygens (including phenoxy) is 2. The van der Waals surface area contributed by atoms with Crippen molar-refractivity contribution in [3.63, 3.8) is 0 Å². The van der Waals surface area contributed by atoms with Crippen molar-refractivity contribution >= 4 is 0 Å². The average molecular weight is 451 g/mol. The first-order valence-electron chi connectivity index (χ1n) is 12.2. The predicted octanol–water partition coefficient (Wildman–Crippen LogP) is 9.28. The van der Waals surface area contributed by atoms with E-state index in [1.165, 1.54) is 16.7 Å². The lowest BCUT2D eigenvalue weighted by Gasteiger charge is -2.28. The van der Waals surface area contributed by atoms with Gasteiger partial charge in [-0.1, -0.05) is 89.2 Å². The molecule has 1 atom stereocenters. The Morgan fingerprint density at radius 1 is 0.529 bits per heavy atom. The molecular weight excluding hydrogens is 416 g/mol. The maximum atomic E-state index is 6.13. The molecule has 0 bridgehead atoms. The smallest absolute Gasteiger partial charge is 0.127 e. The van der Waals surface area contributed by atoms with Crippen molar-refractivity contribution in [3.05, 3.63) is 120 Å². The van der Waals surface area contributed by atoms with E-state index in [1.54, 1.807) is 0 Å². The molecule has 0 radical (unpaired) electrons. The van der Waals surface area contributed by atoms with E-state index in [0.29, 0.717) is 0 Å². The van der Waals surface area contributed by atoms with Crippen LogP contribution in [0.2, 0.25) is 0 Å². The van der Waals surface area contributed by atoms with Crippen LogP contribution >= 0.6 is 0 Å². The van der Waals surface area contributed by atoms with Gasteiger partial charge >= 0.3 is 0 Å². The van der Waals surface area contributed by atoms with Crippen LogP contribution in [0.4, 0.5) is 0 Å². The van der Waals surface area contributed by atoms with E-state index in [0.717, 1.165) is 29.4 Å². The van der Waals surface area contributed by atoms with Crippen LogP contribution in [0.1, 0.15) is 57.7 Å². The van der Waals surface area contributed by atoms with Gasteiger partial charge < -0.3 is 9.47 Å². The SMILES string of the molecule is CC.CC1(C)CC(C)(c2ccc(Oc3ccccc3)cc2)c2ccc(Oc3ccccc3)cc21. The molecule has 0 saturated heterocycles. The predicted molar refractivity (Wildman–Crippen MR) is 141 cm³/mol. The third-order valence-electron chi connectivity index (χ3n) is 6.56. The van der Waals surface area contributed by atoms with E-state index in [9.17, 15) is 0 Å². The summed E-state index contributed by atoms with van der Waals surface area (Å²) in [5, 5.41) is 0. The lowest BCUT2D eigenvalue weighted by atomic mass is 9.75. The van der Waals surface area contributed by atoms with Gasteiger partial charge in [0.25, 0.3) is 0 Å². The molecule has 0 aliphatic heterocycles. The van der Waals surface area contributed by atoms with Crippen LogP contribution in [-0.2, 0) is 10.8 Å². The molecule has 0 saturated carbocycles. The van der Waals surface area contributed by atoms with Crippen LogP contribution in [0, 0.1) is 0 Å². The highest BCUT2D eigenvalue weighted by Crippen LogP contribution is 2.53. The van der Waals surface area contributed by atoms with E-state index in [1.807, 2.05) is 74.5 Å². The van der Waals surface area contributed by atoms with Crippen LogP contribution in [0.3, 0.4) is 0 Å². The molecule has 0 amide bonds. The fourth-order valence-corrected chi connectivity index (χ4v) is 5.10. The first-order valence-corrected chi connectivity index (χ1v) is 12.2. The fraction of sp³-hybridized carbons (Fsp3) is 0.250. The van der Waals surface area contributed by atoms with E-state index in [2.05, 4.69) is 63.2 Å². The van der Waals surface area contributed by atoms with Gasteiger partial charge in [0, 0.05) is 5.41 Å². The third kappa shape index (κ3) is 4.72. The quantitative estimate of drug-likeness (QED) is 0.301. The van der Waals surface area contributed by atoms with Crippen molar-refractivity contribution in [3.8, 4) is 23.0 Å². The molecule has 1 unspecified atom stereocenters. The van der Waals surface area contributed by atoms with Gasteiger partial charge in [-0.3, -0.25) is 0 Å². The second kappa shape index (κ2) is 9.77. The third-order valence-corrected chi connectivity index (χ3v) is 6.56. The summed E-state index contributed by atoms with van der Waals surface area (Å²) >= 11 is 0. The Labute approximate surface area is 204 Å². The molecule has 4 aromatic rings. The number of rotatable bonds is 5. The van der Waals surface area contributed by atoms with Gasteiger partial charge in [-0.25, -0.2) is 0 Å². The van der Waals surface area contributed by atoms with Crippen molar-refractivity contribution in [1.29, 1.82) is 0 Å². The molecule has 1 aliphatic carbocycles. The summed E-state index contributed by atoms with van der Waals surface area (Å²) in [6, 6.07) is 35.0. The molecule has 0 fully saturated rings. The highest BCUT2D eigenvalue weighted by molar-refractivity contribution is 5.55. The summed E-state index contributed by atoms with van der Waals surface area (Å²) in [6.07, 6.45) is 1.04. The van der Waals surface area contributed by atoms with Crippen LogP contribution in [0.25, 0.3) is 0 Å². The zero-order valence-corrected chi connectivity index (χ0v) is 20.8. The molecule has 5 rings (SSSR count). The molecule has 0 heterocycles. The summed E-state index contributed by atoms with van der Waals surface area (Å²) in [5.74, 6) is 3.45. The second-order valence-electron chi connectivity index (χ2n) is 9.45. The lowest BCUT2D eigenvalue weighted by molar-refractivity contribution is 0.423. The Morgan fingerprint density at radius 2 is 1.00 bits per heavy atom. The molecule has 2 nitrogen and oxygen atoms in total. The van der Waals surface area contributed by atoms with Gasteiger partial charge in [0.2, 0.25) is 0 Å². The minimum atomic E-state index is -0.0601. The molecule has 0 spiro atoms. The fourth-order valence-electron chi connectivity index (χ4n) is 5.10. The van der Waals surface area contributed by atoms with Crippen LogP contribution in [0.5, 0.6) is 23.0 Å². The summed E-state index contributed by atoms with van der Waals surface area (Å²) in [7, 11) is 0. The molecule has 0 aromatic heterocycles. The maximum Gasteiger partial charge on any atom is 0.127 e. The number of para-hydroxylation sites is 2. The minimum absolute atomic E-state index is 0.0549. The Kier molecular flexibility index (Phi) is 6.79. The standard InChI is InChI=1S/C30H28O2.C2H6/c1-29(2)21-30(3,22-14-16-25(17-15-22)31-23-10-6-4-7-11-23)27-19-18-26(20-28(27)29)32-24-12-8-5-9-13-24;1-2/h4-20H,21H2,1-3H3;1-2H3. The van der Waals surface area contributed by atoms with Crippen molar-refractivity contribution in [2.24, 2.45) is 0 Å². The van der Waals surface area contributed by atoms with Gasteiger partial charge in [0.15, 0.2) is 0 Å². The Bertz CT molecular complexity index is 1210. The number of hydrogen-bond acceptors (Lipinski definition) is 2. The normalized spacial score (nSPS) is 17.8. The van der Waals surface area contributed by atoms with Crippen molar-refractivity contribution in [2.45, 2.75) is 51.9 Å². The number of fused-ring (bicyclic) bond motifs is 1. The maximum absolute atomic E-state index is 6.13. The Morgan fingerprint density at radius 3 is 1.56 bits per heavy atom. The van der Waals surface area contributed by atoms with Gasteiger partial charge in [0.05, 0.1) is 0 Å². The molecule has 0 N–H and O–H groups in total. The topological polar surface area (TPSA) is 18.5 Å². The highest BCUT2D eigenvalue weighted by atomic mass is 16.5. The molecule has 34 heavy (non-hydrogen) atoms. The van der Waals surface area contributed by atoms with E-state index in [-0.39, 0.29) is 10.8 Å². The molecule has 4 aromatic carbocycles. The summed E-state index contributed by atoms with van der Waals surface area (Å²) in [4.78, 5) is 0. The van der Waals surface area contributed by atoms with Gasteiger partial charge in [-0.2, -0.15) is 0 Å². The zero-order valence-electron chi connectivity index (χ0n) is 20.8.